The molecule has 0 radical (unpaired) electrons. The zero-order chi connectivity index (χ0) is 13.3. The number of alkyl halides is 3. The molecule has 0 aromatic heterocycles. The third-order valence-electron chi connectivity index (χ3n) is 2.65. The van der Waals surface area contributed by atoms with Gasteiger partial charge in [-0.05, 0) is 11.6 Å². The van der Waals surface area contributed by atoms with Crippen molar-refractivity contribution in [3.05, 3.63) is 48.0 Å². The fourth-order valence-corrected chi connectivity index (χ4v) is 1.82. The molecule has 0 saturated heterocycles. The van der Waals surface area contributed by atoms with Gasteiger partial charge in [0.15, 0.2) is 0 Å². The van der Waals surface area contributed by atoms with E-state index in [4.69, 9.17) is 11.5 Å². The minimum Gasteiger partial charge on any atom is -0.398 e. The molecule has 0 unspecified atom stereocenters. The summed E-state index contributed by atoms with van der Waals surface area (Å²) in [6.45, 7) is 0. The summed E-state index contributed by atoms with van der Waals surface area (Å²) in [5.41, 5.74) is 10.2. The standard InChI is InChI=1S/C13H11F3N2/c14-13(15,16)11-10(17)7-6-9(12(11)18)8-4-2-1-3-5-8/h1-7H,17-18H2. The Morgan fingerprint density at radius 2 is 1.44 bits per heavy atom. The van der Waals surface area contributed by atoms with Crippen molar-refractivity contribution in [1.82, 2.24) is 0 Å². The van der Waals surface area contributed by atoms with Gasteiger partial charge in [-0.2, -0.15) is 13.2 Å². The quantitative estimate of drug-likeness (QED) is 0.763. The van der Waals surface area contributed by atoms with Gasteiger partial charge in [0.05, 0.1) is 5.69 Å². The molecule has 18 heavy (non-hydrogen) atoms. The van der Waals surface area contributed by atoms with Crippen LogP contribution in [0.3, 0.4) is 0 Å². The highest BCUT2D eigenvalue weighted by molar-refractivity contribution is 5.82. The molecule has 2 aromatic carbocycles. The Morgan fingerprint density at radius 1 is 0.833 bits per heavy atom. The molecule has 5 heteroatoms. The van der Waals surface area contributed by atoms with Crippen molar-refractivity contribution in [3.63, 3.8) is 0 Å². The zero-order valence-electron chi connectivity index (χ0n) is 9.33. The lowest BCUT2D eigenvalue weighted by atomic mass is 9.99. The first-order chi connectivity index (χ1) is 8.41. The number of hydrogen-bond acceptors (Lipinski definition) is 2. The Morgan fingerprint density at radius 3 is 2.00 bits per heavy atom. The van der Waals surface area contributed by atoms with E-state index in [9.17, 15) is 13.2 Å². The lowest BCUT2D eigenvalue weighted by Crippen LogP contribution is -2.13. The van der Waals surface area contributed by atoms with E-state index in [1.807, 2.05) is 0 Å². The Kier molecular flexibility index (Phi) is 2.90. The normalized spacial score (nSPS) is 11.5. The van der Waals surface area contributed by atoms with Crippen LogP contribution >= 0.6 is 0 Å². The molecule has 0 aliphatic carbocycles. The van der Waals surface area contributed by atoms with Gasteiger partial charge in [0.2, 0.25) is 0 Å². The highest BCUT2D eigenvalue weighted by atomic mass is 19.4. The predicted octanol–water partition coefficient (Wildman–Crippen LogP) is 3.54. The summed E-state index contributed by atoms with van der Waals surface area (Å²) in [7, 11) is 0. The van der Waals surface area contributed by atoms with Gasteiger partial charge in [-0.3, -0.25) is 0 Å². The average molecular weight is 252 g/mol. The number of hydrogen-bond donors (Lipinski definition) is 2. The predicted molar refractivity (Wildman–Crippen MR) is 65.7 cm³/mol. The van der Waals surface area contributed by atoms with E-state index in [-0.39, 0.29) is 11.4 Å². The maximum Gasteiger partial charge on any atom is 0.420 e. The van der Waals surface area contributed by atoms with Gasteiger partial charge >= 0.3 is 6.18 Å². The minimum atomic E-state index is -4.56. The zero-order valence-corrected chi connectivity index (χ0v) is 9.33. The molecule has 0 bridgehead atoms. The van der Waals surface area contributed by atoms with Crippen LogP contribution in [0.1, 0.15) is 5.56 Å². The SMILES string of the molecule is Nc1ccc(-c2ccccc2)c(N)c1C(F)(F)F. The number of halogens is 3. The van der Waals surface area contributed by atoms with Gasteiger partial charge in [-0.15, -0.1) is 0 Å². The summed E-state index contributed by atoms with van der Waals surface area (Å²) in [6, 6.07) is 11.4. The molecule has 0 atom stereocenters. The van der Waals surface area contributed by atoms with Crippen molar-refractivity contribution in [2.24, 2.45) is 0 Å². The molecule has 2 rings (SSSR count). The van der Waals surface area contributed by atoms with Crippen molar-refractivity contribution in [2.75, 3.05) is 11.5 Å². The van der Waals surface area contributed by atoms with Crippen LogP contribution in [-0.2, 0) is 6.18 Å². The van der Waals surface area contributed by atoms with Crippen LogP contribution in [-0.4, -0.2) is 0 Å². The lowest BCUT2D eigenvalue weighted by Gasteiger charge is -2.16. The summed E-state index contributed by atoms with van der Waals surface area (Å²) in [5.74, 6) is 0. The summed E-state index contributed by atoms with van der Waals surface area (Å²) < 4.78 is 38.5. The van der Waals surface area contributed by atoms with E-state index >= 15 is 0 Å². The van der Waals surface area contributed by atoms with Crippen molar-refractivity contribution < 1.29 is 13.2 Å². The van der Waals surface area contributed by atoms with Crippen molar-refractivity contribution in [1.29, 1.82) is 0 Å². The van der Waals surface area contributed by atoms with Crippen LogP contribution in [0, 0.1) is 0 Å². The molecule has 0 amide bonds. The second-order valence-electron chi connectivity index (χ2n) is 3.85. The summed E-state index contributed by atoms with van der Waals surface area (Å²) in [6.07, 6.45) is -4.56. The molecule has 2 aromatic rings. The van der Waals surface area contributed by atoms with Crippen molar-refractivity contribution in [2.45, 2.75) is 6.18 Å². The first-order valence-electron chi connectivity index (χ1n) is 5.22. The highest BCUT2D eigenvalue weighted by Crippen LogP contribution is 2.41. The third-order valence-corrected chi connectivity index (χ3v) is 2.65. The topological polar surface area (TPSA) is 52.0 Å². The molecule has 2 nitrogen and oxygen atoms in total. The molecule has 0 aliphatic rings. The van der Waals surface area contributed by atoms with Crippen molar-refractivity contribution >= 4 is 11.4 Å². The Bertz CT molecular complexity index is 562. The van der Waals surface area contributed by atoms with Gasteiger partial charge in [-0.25, -0.2) is 0 Å². The van der Waals surface area contributed by atoms with Gasteiger partial charge in [0.25, 0.3) is 0 Å². The van der Waals surface area contributed by atoms with E-state index in [2.05, 4.69) is 0 Å². The molecule has 0 fully saturated rings. The summed E-state index contributed by atoms with van der Waals surface area (Å²) in [4.78, 5) is 0. The van der Waals surface area contributed by atoms with Crippen LogP contribution < -0.4 is 11.5 Å². The van der Waals surface area contributed by atoms with Gasteiger partial charge in [-0.1, -0.05) is 36.4 Å². The van der Waals surface area contributed by atoms with Crippen LogP contribution in [0.25, 0.3) is 11.1 Å². The Balaban J connectivity index is 2.66. The van der Waals surface area contributed by atoms with E-state index in [0.717, 1.165) is 0 Å². The number of rotatable bonds is 1. The van der Waals surface area contributed by atoms with E-state index in [1.54, 1.807) is 30.3 Å². The molecule has 0 saturated carbocycles. The molecule has 4 N–H and O–H groups in total. The number of nitrogen functional groups attached to an aromatic ring is 2. The van der Waals surface area contributed by atoms with Crippen molar-refractivity contribution in [3.8, 4) is 11.1 Å². The molecule has 0 aliphatic heterocycles. The fourth-order valence-electron chi connectivity index (χ4n) is 1.82. The molecule has 0 spiro atoms. The van der Waals surface area contributed by atoms with E-state index < -0.39 is 11.7 Å². The van der Waals surface area contributed by atoms with Crippen LogP contribution in [0.15, 0.2) is 42.5 Å². The highest BCUT2D eigenvalue weighted by Gasteiger charge is 2.36. The number of anilines is 2. The smallest absolute Gasteiger partial charge is 0.398 e. The number of nitrogens with two attached hydrogens (primary N) is 2. The summed E-state index contributed by atoms with van der Waals surface area (Å²) >= 11 is 0. The monoisotopic (exact) mass is 252 g/mol. The number of benzene rings is 2. The van der Waals surface area contributed by atoms with Crippen LogP contribution in [0.2, 0.25) is 0 Å². The first kappa shape index (κ1) is 12.3. The molecule has 0 heterocycles. The minimum absolute atomic E-state index is 0.331. The Hall–Kier alpha value is -2.17. The lowest BCUT2D eigenvalue weighted by molar-refractivity contribution is -0.136. The Labute approximate surface area is 102 Å². The molecular weight excluding hydrogens is 241 g/mol. The fraction of sp³-hybridized carbons (Fsp3) is 0.0769. The maximum atomic E-state index is 12.8. The van der Waals surface area contributed by atoms with Gasteiger partial charge in [0.1, 0.15) is 5.56 Å². The van der Waals surface area contributed by atoms with E-state index in [1.165, 1.54) is 12.1 Å². The summed E-state index contributed by atoms with van der Waals surface area (Å²) in [5, 5.41) is 0. The molecular formula is C13H11F3N2. The second-order valence-corrected chi connectivity index (χ2v) is 3.85. The van der Waals surface area contributed by atoms with E-state index in [0.29, 0.717) is 11.1 Å². The average Bonchev–Trinajstić information content (AvgIpc) is 2.28. The largest absolute Gasteiger partial charge is 0.420 e. The van der Waals surface area contributed by atoms with Crippen LogP contribution in [0.4, 0.5) is 24.5 Å². The van der Waals surface area contributed by atoms with Crippen LogP contribution in [0.5, 0.6) is 0 Å². The maximum absolute atomic E-state index is 12.8. The van der Waals surface area contributed by atoms with Gasteiger partial charge in [0, 0.05) is 11.3 Å². The van der Waals surface area contributed by atoms with Gasteiger partial charge < -0.3 is 11.5 Å². The molecule has 94 valence electrons. The third kappa shape index (κ3) is 2.11. The second kappa shape index (κ2) is 4.25. The first-order valence-corrected chi connectivity index (χ1v) is 5.22.